The second kappa shape index (κ2) is 7.74. The summed E-state index contributed by atoms with van der Waals surface area (Å²) in [6, 6.07) is 0.691. The molecule has 0 unspecified atom stereocenters. The standard InChI is InChI=1S/C16H16ClF3N6O2/c1-9-2-4-25(5-3-9)15-12(26(27)28)14(22-8-23-15)24-13-11(17)6-10(7-21-13)16(18,19)20/h6-9H,2-5H2,1H3,(H,21,22,23,24). The molecule has 28 heavy (non-hydrogen) atoms. The lowest BCUT2D eigenvalue weighted by Crippen LogP contribution is -2.34. The predicted octanol–water partition coefficient (Wildman–Crippen LogP) is 4.43. The van der Waals surface area contributed by atoms with Crippen LogP contribution >= 0.6 is 11.6 Å². The Hall–Kier alpha value is -2.69. The zero-order valence-electron chi connectivity index (χ0n) is 14.7. The Balaban J connectivity index is 1.94. The second-order valence-electron chi connectivity index (χ2n) is 6.50. The van der Waals surface area contributed by atoms with Gasteiger partial charge in [-0.15, -0.1) is 0 Å². The van der Waals surface area contributed by atoms with E-state index in [1.165, 1.54) is 0 Å². The first-order valence-corrected chi connectivity index (χ1v) is 8.78. The molecule has 0 amide bonds. The summed E-state index contributed by atoms with van der Waals surface area (Å²) in [6.07, 6.45) is -1.12. The van der Waals surface area contributed by atoms with Crippen molar-refractivity contribution in [2.75, 3.05) is 23.3 Å². The Morgan fingerprint density at radius 3 is 2.50 bits per heavy atom. The summed E-state index contributed by atoms with van der Waals surface area (Å²) in [5.74, 6) is 0.305. The molecular weight excluding hydrogens is 401 g/mol. The number of piperidine rings is 1. The lowest BCUT2D eigenvalue weighted by Gasteiger charge is -2.30. The third kappa shape index (κ3) is 4.24. The van der Waals surface area contributed by atoms with Crippen LogP contribution in [0.15, 0.2) is 18.6 Å². The van der Waals surface area contributed by atoms with Crippen molar-refractivity contribution in [2.24, 2.45) is 5.92 Å². The van der Waals surface area contributed by atoms with Crippen molar-refractivity contribution in [1.82, 2.24) is 15.0 Å². The highest BCUT2D eigenvalue weighted by Crippen LogP contribution is 2.37. The van der Waals surface area contributed by atoms with Crippen LogP contribution < -0.4 is 10.2 Å². The Labute approximate surface area is 162 Å². The zero-order valence-corrected chi connectivity index (χ0v) is 15.5. The molecule has 2 aromatic rings. The van der Waals surface area contributed by atoms with Gasteiger partial charge in [0.25, 0.3) is 0 Å². The average molecular weight is 417 g/mol. The van der Waals surface area contributed by atoms with Gasteiger partial charge in [-0.05, 0) is 24.8 Å². The van der Waals surface area contributed by atoms with Crippen LogP contribution in [0.5, 0.6) is 0 Å². The summed E-state index contributed by atoms with van der Waals surface area (Å²) in [5.41, 5.74) is -1.40. The molecule has 0 aromatic carbocycles. The van der Waals surface area contributed by atoms with Crippen molar-refractivity contribution in [3.05, 3.63) is 39.3 Å². The van der Waals surface area contributed by atoms with Crippen LogP contribution in [-0.2, 0) is 6.18 Å². The number of alkyl halides is 3. The fraction of sp³-hybridized carbons (Fsp3) is 0.438. The fourth-order valence-electron chi connectivity index (χ4n) is 2.88. The smallest absolute Gasteiger partial charge is 0.351 e. The number of nitro groups is 1. The van der Waals surface area contributed by atoms with Crippen LogP contribution in [-0.4, -0.2) is 33.0 Å². The molecule has 1 fully saturated rings. The van der Waals surface area contributed by atoms with Crippen LogP contribution in [0, 0.1) is 16.0 Å². The van der Waals surface area contributed by atoms with Crippen molar-refractivity contribution in [3.63, 3.8) is 0 Å². The van der Waals surface area contributed by atoms with Gasteiger partial charge in [0.1, 0.15) is 6.33 Å². The number of pyridine rings is 1. The molecule has 0 bridgehead atoms. The van der Waals surface area contributed by atoms with Gasteiger partial charge in [-0.2, -0.15) is 13.2 Å². The molecule has 8 nitrogen and oxygen atoms in total. The highest BCUT2D eigenvalue weighted by Gasteiger charge is 2.33. The fourth-order valence-corrected chi connectivity index (χ4v) is 3.09. The van der Waals surface area contributed by atoms with Gasteiger partial charge in [-0.25, -0.2) is 15.0 Å². The van der Waals surface area contributed by atoms with Gasteiger partial charge in [0, 0.05) is 19.3 Å². The number of hydrogen-bond donors (Lipinski definition) is 1. The van der Waals surface area contributed by atoms with E-state index < -0.39 is 16.7 Å². The van der Waals surface area contributed by atoms with E-state index in [0.29, 0.717) is 31.3 Å². The van der Waals surface area contributed by atoms with Gasteiger partial charge in [-0.1, -0.05) is 18.5 Å². The first-order chi connectivity index (χ1) is 13.2. The summed E-state index contributed by atoms with van der Waals surface area (Å²) in [6.45, 7) is 3.33. The number of aromatic nitrogens is 3. The zero-order chi connectivity index (χ0) is 20.5. The van der Waals surface area contributed by atoms with Crippen LogP contribution in [0.3, 0.4) is 0 Å². The first-order valence-electron chi connectivity index (χ1n) is 8.41. The average Bonchev–Trinajstić information content (AvgIpc) is 2.62. The number of rotatable bonds is 4. The Morgan fingerprint density at radius 2 is 1.93 bits per heavy atom. The predicted molar refractivity (Wildman–Crippen MR) is 96.8 cm³/mol. The monoisotopic (exact) mass is 416 g/mol. The van der Waals surface area contributed by atoms with Crippen molar-refractivity contribution in [1.29, 1.82) is 0 Å². The van der Waals surface area contributed by atoms with Crippen molar-refractivity contribution in [3.8, 4) is 0 Å². The minimum absolute atomic E-state index is 0.150. The normalized spacial score (nSPS) is 15.5. The van der Waals surface area contributed by atoms with E-state index in [2.05, 4.69) is 27.2 Å². The van der Waals surface area contributed by atoms with E-state index in [-0.39, 0.29) is 28.2 Å². The van der Waals surface area contributed by atoms with Crippen LogP contribution in [0.25, 0.3) is 0 Å². The largest absolute Gasteiger partial charge is 0.417 e. The Morgan fingerprint density at radius 1 is 1.25 bits per heavy atom. The van der Waals surface area contributed by atoms with Crippen molar-refractivity contribution in [2.45, 2.75) is 25.9 Å². The molecule has 0 radical (unpaired) electrons. The van der Waals surface area contributed by atoms with Crippen LogP contribution in [0.4, 0.5) is 36.3 Å². The van der Waals surface area contributed by atoms with Gasteiger partial charge < -0.3 is 10.2 Å². The molecule has 3 rings (SSSR count). The second-order valence-corrected chi connectivity index (χ2v) is 6.91. The SMILES string of the molecule is CC1CCN(c2ncnc(Nc3ncc(C(F)(F)F)cc3Cl)c2[N+](=O)[O-])CC1. The van der Waals surface area contributed by atoms with Crippen LogP contribution in [0.2, 0.25) is 5.02 Å². The maximum Gasteiger partial charge on any atom is 0.417 e. The molecular formula is C16H16ClF3N6O2. The summed E-state index contributed by atoms with van der Waals surface area (Å²) >= 11 is 5.87. The first kappa shape index (κ1) is 20.1. The maximum absolute atomic E-state index is 12.7. The lowest BCUT2D eigenvalue weighted by atomic mass is 9.99. The van der Waals surface area contributed by atoms with E-state index in [0.717, 1.165) is 19.2 Å². The molecule has 12 heteroatoms. The van der Waals surface area contributed by atoms with Gasteiger partial charge in [-0.3, -0.25) is 10.1 Å². The number of nitrogens with one attached hydrogen (secondary N) is 1. The van der Waals surface area contributed by atoms with Gasteiger partial charge >= 0.3 is 11.9 Å². The van der Waals surface area contributed by atoms with Crippen molar-refractivity contribution < 1.29 is 18.1 Å². The molecule has 1 aliphatic rings. The van der Waals surface area contributed by atoms with Gasteiger partial charge in [0.15, 0.2) is 5.82 Å². The molecule has 150 valence electrons. The molecule has 1 N–H and O–H groups in total. The molecule has 0 spiro atoms. The summed E-state index contributed by atoms with van der Waals surface area (Å²) in [5, 5.41) is 13.9. The van der Waals surface area contributed by atoms with Crippen molar-refractivity contribution >= 4 is 34.7 Å². The molecule has 0 aliphatic carbocycles. The number of anilines is 3. The topological polar surface area (TPSA) is 97.1 Å². The number of nitrogens with zero attached hydrogens (tertiary/aromatic N) is 5. The quantitative estimate of drug-likeness (QED) is 0.581. The highest BCUT2D eigenvalue weighted by molar-refractivity contribution is 6.33. The van der Waals surface area contributed by atoms with E-state index in [9.17, 15) is 23.3 Å². The maximum atomic E-state index is 12.7. The number of halogens is 4. The van der Waals surface area contributed by atoms with E-state index in [1.807, 2.05) is 0 Å². The van der Waals surface area contributed by atoms with E-state index in [1.54, 1.807) is 4.90 Å². The minimum atomic E-state index is -4.60. The van der Waals surface area contributed by atoms with Gasteiger partial charge in [0.2, 0.25) is 11.6 Å². The Kier molecular flexibility index (Phi) is 5.54. The van der Waals surface area contributed by atoms with Crippen LogP contribution in [0.1, 0.15) is 25.3 Å². The lowest BCUT2D eigenvalue weighted by molar-refractivity contribution is -0.383. The Bertz CT molecular complexity index is 887. The third-order valence-electron chi connectivity index (χ3n) is 4.47. The molecule has 3 heterocycles. The summed E-state index contributed by atoms with van der Waals surface area (Å²) < 4.78 is 38.2. The third-order valence-corrected chi connectivity index (χ3v) is 4.76. The molecule has 1 saturated heterocycles. The van der Waals surface area contributed by atoms with E-state index in [4.69, 9.17) is 11.6 Å². The number of hydrogen-bond acceptors (Lipinski definition) is 7. The summed E-state index contributed by atoms with van der Waals surface area (Å²) in [4.78, 5) is 24.4. The molecule has 2 aromatic heterocycles. The molecule has 0 atom stereocenters. The van der Waals surface area contributed by atoms with Gasteiger partial charge in [0.05, 0.1) is 15.5 Å². The highest BCUT2D eigenvalue weighted by atomic mass is 35.5. The minimum Gasteiger partial charge on any atom is -0.351 e. The molecule has 1 aliphatic heterocycles. The summed E-state index contributed by atoms with van der Waals surface area (Å²) in [7, 11) is 0. The molecule has 0 saturated carbocycles. The van der Waals surface area contributed by atoms with E-state index >= 15 is 0 Å².